The first-order chi connectivity index (χ1) is 10.3. The van der Waals surface area contributed by atoms with E-state index >= 15 is 0 Å². The lowest BCUT2D eigenvalue weighted by Gasteiger charge is -2.06. The van der Waals surface area contributed by atoms with Crippen LogP contribution in [0.4, 0.5) is 0 Å². The molecule has 3 aromatic rings. The number of rotatable bonds is 5. The molecule has 2 aromatic heterocycles. The molecule has 0 unspecified atom stereocenters. The van der Waals surface area contributed by atoms with Gasteiger partial charge in [-0.2, -0.15) is 0 Å². The first-order valence-electron chi connectivity index (χ1n) is 7.29. The molecule has 1 aromatic carbocycles. The fourth-order valence-electron chi connectivity index (χ4n) is 2.54. The molecule has 6 heteroatoms. The molecule has 0 amide bonds. The van der Waals surface area contributed by atoms with Crippen LogP contribution >= 0.6 is 11.5 Å². The molecule has 2 heterocycles. The molecule has 0 aliphatic heterocycles. The summed E-state index contributed by atoms with van der Waals surface area (Å²) in [5.74, 6) is 0.980. The molecule has 5 nitrogen and oxygen atoms in total. The number of hydrogen-bond donors (Lipinski definition) is 1. The van der Waals surface area contributed by atoms with Crippen LogP contribution in [0.5, 0.6) is 0 Å². The smallest absolute Gasteiger partial charge is 0.154 e. The van der Waals surface area contributed by atoms with Gasteiger partial charge in [-0.3, -0.25) is 0 Å². The summed E-state index contributed by atoms with van der Waals surface area (Å²) in [5, 5.41) is 4.21. The number of benzene rings is 1. The van der Waals surface area contributed by atoms with Gasteiger partial charge in [-0.25, -0.2) is 4.98 Å². The lowest BCUT2D eigenvalue weighted by Crippen LogP contribution is -2.00. The molecule has 0 radical (unpaired) electrons. The van der Waals surface area contributed by atoms with Gasteiger partial charge in [-0.15, -0.1) is 5.10 Å². The summed E-state index contributed by atoms with van der Waals surface area (Å²) in [6.45, 7) is 5.75. The first-order valence-corrected chi connectivity index (χ1v) is 8.06. The zero-order chi connectivity index (χ0) is 14.8. The Morgan fingerprint density at radius 2 is 2.14 bits per heavy atom. The third kappa shape index (κ3) is 2.45. The molecule has 0 saturated carbocycles. The van der Waals surface area contributed by atoms with E-state index in [-0.39, 0.29) is 0 Å². The summed E-state index contributed by atoms with van der Waals surface area (Å²) >= 11 is 1.42. The van der Waals surface area contributed by atoms with Crippen LogP contribution in [0, 0.1) is 0 Å². The highest BCUT2D eigenvalue weighted by Crippen LogP contribution is 2.30. The van der Waals surface area contributed by atoms with E-state index in [1.165, 1.54) is 11.5 Å². The van der Waals surface area contributed by atoms with E-state index < -0.39 is 0 Å². The molecular weight excluding hydrogens is 282 g/mol. The second-order valence-electron chi connectivity index (χ2n) is 5.02. The van der Waals surface area contributed by atoms with E-state index in [1.54, 1.807) is 0 Å². The number of hydrogen-bond acceptors (Lipinski definition) is 5. The second-order valence-corrected chi connectivity index (χ2v) is 5.77. The average molecular weight is 301 g/mol. The molecule has 0 fully saturated rings. The van der Waals surface area contributed by atoms with Gasteiger partial charge >= 0.3 is 0 Å². The summed E-state index contributed by atoms with van der Waals surface area (Å²) < 4.78 is 6.36. The fourth-order valence-corrected chi connectivity index (χ4v) is 3.28. The number of fused-ring (bicyclic) bond motifs is 1. The molecule has 2 N–H and O–H groups in total. The van der Waals surface area contributed by atoms with Gasteiger partial charge in [0.05, 0.1) is 16.7 Å². The Hall–Kier alpha value is -1.79. The fraction of sp³-hybridized carbons (Fsp3) is 0.400. The summed E-state index contributed by atoms with van der Waals surface area (Å²) in [5.41, 5.74) is 10.0. The van der Waals surface area contributed by atoms with Crippen molar-refractivity contribution in [1.82, 2.24) is 19.1 Å². The molecule has 0 spiro atoms. The standard InChI is InChI=1S/C15H19N5S/c1-3-7-20-13-6-5-10(9-16)8-12(13)17-15(20)14-11(4-2)18-19-21-14/h5-6,8H,3-4,7,9,16H2,1-2H3. The SMILES string of the molecule is CCCn1c(-c2snnc2CC)nc2cc(CN)ccc21. The van der Waals surface area contributed by atoms with Crippen molar-refractivity contribution in [2.45, 2.75) is 39.8 Å². The molecule has 0 aliphatic carbocycles. The zero-order valence-corrected chi connectivity index (χ0v) is 13.2. The van der Waals surface area contributed by atoms with Crippen molar-refractivity contribution in [2.75, 3.05) is 0 Å². The van der Waals surface area contributed by atoms with Crippen LogP contribution in [0.2, 0.25) is 0 Å². The Bertz CT molecular complexity index is 759. The minimum absolute atomic E-state index is 0.536. The van der Waals surface area contributed by atoms with Crippen molar-refractivity contribution in [3.8, 4) is 10.7 Å². The van der Waals surface area contributed by atoms with Gasteiger partial charge in [0.1, 0.15) is 4.88 Å². The largest absolute Gasteiger partial charge is 0.326 e. The Labute approximate surface area is 128 Å². The highest BCUT2D eigenvalue weighted by atomic mass is 32.1. The minimum Gasteiger partial charge on any atom is -0.326 e. The molecule has 110 valence electrons. The Morgan fingerprint density at radius 1 is 1.29 bits per heavy atom. The molecule has 0 aliphatic rings. The topological polar surface area (TPSA) is 69.6 Å². The summed E-state index contributed by atoms with van der Waals surface area (Å²) in [6, 6.07) is 6.26. The third-order valence-electron chi connectivity index (χ3n) is 3.59. The van der Waals surface area contributed by atoms with Crippen LogP contribution in [0.3, 0.4) is 0 Å². The lowest BCUT2D eigenvalue weighted by molar-refractivity contribution is 0.704. The van der Waals surface area contributed by atoms with Crippen molar-refractivity contribution in [2.24, 2.45) is 5.73 Å². The number of nitrogens with zero attached hydrogens (tertiary/aromatic N) is 4. The molecule has 0 atom stereocenters. The van der Waals surface area contributed by atoms with Crippen LogP contribution in [-0.2, 0) is 19.5 Å². The Morgan fingerprint density at radius 3 is 2.86 bits per heavy atom. The number of aromatic nitrogens is 4. The molecule has 0 saturated heterocycles. The van der Waals surface area contributed by atoms with Gasteiger partial charge < -0.3 is 10.3 Å². The zero-order valence-electron chi connectivity index (χ0n) is 12.3. The van der Waals surface area contributed by atoms with Crippen LogP contribution < -0.4 is 5.73 Å². The van der Waals surface area contributed by atoms with Crippen molar-refractivity contribution in [3.05, 3.63) is 29.5 Å². The quantitative estimate of drug-likeness (QED) is 0.786. The van der Waals surface area contributed by atoms with Crippen molar-refractivity contribution in [3.63, 3.8) is 0 Å². The van der Waals surface area contributed by atoms with E-state index in [0.717, 1.165) is 52.4 Å². The van der Waals surface area contributed by atoms with Crippen LogP contribution in [-0.4, -0.2) is 19.1 Å². The highest BCUT2D eigenvalue weighted by Gasteiger charge is 2.17. The highest BCUT2D eigenvalue weighted by molar-refractivity contribution is 7.09. The maximum atomic E-state index is 5.73. The van der Waals surface area contributed by atoms with Gasteiger partial charge in [0.25, 0.3) is 0 Å². The number of imidazole rings is 1. The van der Waals surface area contributed by atoms with Gasteiger partial charge in [0.15, 0.2) is 5.82 Å². The number of aryl methyl sites for hydroxylation is 2. The van der Waals surface area contributed by atoms with Gasteiger partial charge in [-0.05, 0) is 42.1 Å². The predicted octanol–water partition coefficient (Wildman–Crippen LogP) is 2.99. The molecular formula is C15H19N5S. The lowest BCUT2D eigenvalue weighted by atomic mass is 10.2. The maximum Gasteiger partial charge on any atom is 0.154 e. The van der Waals surface area contributed by atoms with Crippen molar-refractivity contribution < 1.29 is 0 Å². The Balaban J connectivity index is 2.23. The molecule has 0 bridgehead atoms. The summed E-state index contributed by atoms with van der Waals surface area (Å²) in [7, 11) is 0. The normalized spacial score (nSPS) is 11.4. The van der Waals surface area contributed by atoms with Gasteiger partial charge in [0.2, 0.25) is 0 Å². The monoisotopic (exact) mass is 301 g/mol. The maximum absolute atomic E-state index is 5.73. The van der Waals surface area contributed by atoms with Crippen LogP contribution in [0.15, 0.2) is 18.2 Å². The summed E-state index contributed by atoms with van der Waals surface area (Å²) in [4.78, 5) is 5.91. The van der Waals surface area contributed by atoms with E-state index in [2.05, 4.69) is 46.2 Å². The summed E-state index contributed by atoms with van der Waals surface area (Å²) in [6.07, 6.45) is 1.93. The minimum atomic E-state index is 0.536. The van der Waals surface area contributed by atoms with E-state index in [4.69, 9.17) is 10.7 Å². The first kappa shape index (κ1) is 14.2. The number of nitrogens with two attached hydrogens (primary N) is 1. The van der Waals surface area contributed by atoms with Crippen molar-refractivity contribution >= 4 is 22.6 Å². The molecule has 21 heavy (non-hydrogen) atoms. The average Bonchev–Trinajstić information content (AvgIpc) is 3.11. The van der Waals surface area contributed by atoms with Gasteiger partial charge in [-0.1, -0.05) is 24.4 Å². The van der Waals surface area contributed by atoms with Crippen LogP contribution in [0.25, 0.3) is 21.7 Å². The van der Waals surface area contributed by atoms with Gasteiger partial charge in [0, 0.05) is 13.1 Å². The Kier molecular flexibility index (Phi) is 3.98. The van der Waals surface area contributed by atoms with E-state index in [9.17, 15) is 0 Å². The van der Waals surface area contributed by atoms with E-state index in [1.807, 2.05) is 0 Å². The molecule has 3 rings (SSSR count). The van der Waals surface area contributed by atoms with Crippen LogP contribution in [0.1, 0.15) is 31.5 Å². The van der Waals surface area contributed by atoms with E-state index in [0.29, 0.717) is 6.54 Å². The second kappa shape index (κ2) is 5.91. The third-order valence-corrected chi connectivity index (χ3v) is 4.35. The predicted molar refractivity (Wildman–Crippen MR) is 86.2 cm³/mol. The van der Waals surface area contributed by atoms with Crippen molar-refractivity contribution in [1.29, 1.82) is 0 Å².